The Morgan fingerprint density at radius 3 is 2.46 bits per heavy atom. The first-order chi connectivity index (χ1) is 6.03. The molecule has 4 nitrogen and oxygen atoms in total. The average Bonchev–Trinajstić information content (AvgIpc) is 2.44. The van der Waals surface area contributed by atoms with Crippen LogP contribution in [0, 0.1) is 13.8 Å². The Kier molecular flexibility index (Phi) is 2.73. The molecule has 1 aromatic heterocycles. The van der Waals surface area contributed by atoms with Crippen LogP contribution < -0.4 is 5.73 Å². The summed E-state index contributed by atoms with van der Waals surface area (Å²) in [4.78, 5) is 4.17. The number of hydrogen-bond donors (Lipinski definition) is 1. The first-order valence-corrected chi connectivity index (χ1v) is 4.23. The molecule has 0 saturated heterocycles. The van der Waals surface area contributed by atoms with Crippen molar-refractivity contribution in [3.8, 4) is 0 Å². The second-order valence-corrected chi connectivity index (χ2v) is 3.29. The van der Waals surface area contributed by atoms with Crippen LogP contribution in [0.2, 0.25) is 0 Å². The van der Waals surface area contributed by atoms with Crippen LogP contribution in [-0.2, 0) is 10.3 Å². The van der Waals surface area contributed by atoms with E-state index < -0.39 is 5.60 Å². The van der Waals surface area contributed by atoms with E-state index >= 15 is 0 Å². The maximum atomic E-state index is 5.61. The molecule has 0 aromatic carbocycles. The summed E-state index contributed by atoms with van der Waals surface area (Å²) in [5, 5.41) is 0. The van der Waals surface area contributed by atoms with Gasteiger partial charge in [0.25, 0.3) is 0 Å². The largest absolute Gasteiger partial charge is 0.443 e. The summed E-state index contributed by atoms with van der Waals surface area (Å²) in [5.74, 6) is 1.36. The van der Waals surface area contributed by atoms with Gasteiger partial charge >= 0.3 is 0 Å². The molecule has 1 heterocycles. The van der Waals surface area contributed by atoms with E-state index in [1.807, 2.05) is 20.8 Å². The Labute approximate surface area is 78.1 Å². The maximum Gasteiger partial charge on any atom is 0.191 e. The minimum absolute atomic E-state index is 0.374. The molecular weight excluding hydrogens is 168 g/mol. The first-order valence-electron chi connectivity index (χ1n) is 4.23. The van der Waals surface area contributed by atoms with Gasteiger partial charge in [-0.15, -0.1) is 0 Å². The van der Waals surface area contributed by atoms with E-state index in [1.54, 1.807) is 7.11 Å². The average molecular weight is 184 g/mol. The van der Waals surface area contributed by atoms with Crippen LogP contribution in [-0.4, -0.2) is 18.6 Å². The summed E-state index contributed by atoms with van der Waals surface area (Å²) >= 11 is 0. The van der Waals surface area contributed by atoms with Gasteiger partial charge in [-0.1, -0.05) is 0 Å². The van der Waals surface area contributed by atoms with Crippen LogP contribution in [0.1, 0.15) is 24.3 Å². The molecule has 0 aliphatic rings. The fourth-order valence-electron chi connectivity index (χ4n) is 1.29. The van der Waals surface area contributed by atoms with E-state index in [-0.39, 0.29) is 0 Å². The van der Waals surface area contributed by atoms with E-state index in [2.05, 4.69) is 4.98 Å². The third-order valence-corrected chi connectivity index (χ3v) is 2.22. The summed E-state index contributed by atoms with van der Waals surface area (Å²) in [6.45, 7) is 5.96. The highest BCUT2D eigenvalue weighted by Crippen LogP contribution is 2.26. The third-order valence-electron chi connectivity index (χ3n) is 2.22. The molecule has 4 heteroatoms. The fraction of sp³-hybridized carbons (Fsp3) is 0.667. The van der Waals surface area contributed by atoms with Gasteiger partial charge in [-0.25, -0.2) is 4.98 Å². The number of hydrogen-bond acceptors (Lipinski definition) is 4. The van der Waals surface area contributed by atoms with Gasteiger partial charge in [0.05, 0.1) is 5.69 Å². The van der Waals surface area contributed by atoms with Crippen molar-refractivity contribution < 1.29 is 9.15 Å². The molecule has 0 spiro atoms. The number of oxazole rings is 1. The summed E-state index contributed by atoms with van der Waals surface area (Å²) in [6, 6.07) is 0. The van der Waals surface area contributed by atoms with Crippen LogP contribution in [0.3, 0.4) is 0 Å². The number of rotatable bonds is 3. The molecule has 13 heavy (non-hydrogen) atoms. The lowest BCUT2D eigenvalue weighted by Crippen LogP contribution is -2.34. The predicted molar refractivity (Wildman–Crippen MR) is 49.4 cm³/mol. The minimum atomic E-state index is -0.564. The molecule has 74 valence electrons. The molecule has 0 aliphatic heterocycles. The Hall–Kier alpha value is -0.870. The van der Waals surface area contributed by atoms with Gasteiger partial charge in [-0.2, -0.15) is 0 Å². The zero-order chi connectivity index (χ0) is 10.1. The van der Waals surface area contributed by atoms with Gasteiger partial charge in [-0.05, 0) is 13.8 Å². The van der Waals surface area contributed by atoms with Crippen LogP contribution in [0.4, 0.5) is 0 Å². The van der Waals surface area contributed by atoms with Crippen molar-refractivity contribution in [2.45, 2.75) is 26.4 Å². The van der Waals surface area contributed by atoms with E-state index in [0.717, 1.165) is 11.5 Å². The normalized spacial score (nSPS) is 15.8. The predicted octanol–water partition coefficient (Wildman–Crippen LogP) is 1.11. The minimum Gasteiger partial charge on any atom is -0.443 e. The van der Waals surface area contributed by atoms with Gasteiger partial charge in [0.15, 0.2) is 11.7 Å². The van der Waals surface area contributed by atoms with Crippen LogP contribution in [0.15, 0.2) is 4.42 Å². The Morgan fingerprint density at radius 1 is 1.54 bits per heavy atom. The van der Waals surface area contributed by atoms with E-state index in [9.17, 15) is 0 Å². The molecule has 1 atom stereocenters. The van der Waals surface area contributed by atoms with Crippen molar-refractivity contribution in [1.29, 1.82) is 0 Å². The smallest absolute Gasteiger partial charge is 0.191 e. The lowest BCUT2D eigenvalue weighted by Gasteiger charge is -2.23. The van der Waals surface area contributed by atoms with Crippen molar-refractivity contribution >= 4 is 0 Å². The SMILES string of the molecule is COC(C)(CN)c1oc(C)nc1C. The van der Waals surface area contributed by atoms with Gasteiger partial charge in [-0.3, -0.25) is 0 Å². The van der Waals surface area contributed by atoms with Crippen LogP contribution >= 0.6 is 0 Å². The Morgan fingerprint density at radius 2 is 2.15 bits per heavy atom. The lowest BCUT2D eigenvalue weighted by molar-refractivity contribution is -0.00896. The van der Waals surface area contributed by atoms with Gasteiger partial charge in [0, 0.05) is 20.6 Å². The van der Waals surface area contributed by atoms with Crippen molar-refractivity contribution in [3.05, 3.63) is 17.3 Å². The fourth-order valence-corrected chi connectivity index (χ4v) is 1.29. The molecule has 1 rings (SSSR count). The van der Waals surface area contributed by atoms with Crippen LogP contribution in [0.5, 0.6) is 0 Å². The molecule has 0 aliphatic carbocycles. The summed E-state index contributed by atoms with van der Waals surface area (Å²) in [7, 11) is 1.62. The zero-order valence-electron chi connectivity index (χ0n) is 8.55. The first kappa shape index (κ1) is 10.2. The van der Waals surface area contributed by atoms with Gasteiger partial charge in [0.1, 0.15) is 5.60 Å². The van der Waals surface area contributed by atoms with E-state index in [0.29, 0.717) is 12.4 Å². The van der Waals surface area contributed by atoms with Crippen LogP contribution in [0.25, 0.3) is 0 Å². The van der Waals surface area contributed by atoms with Crippen molar-refractivity contribution in [2.24, 2.45) is 5.73 Å². The number of nitrogens with zero attached hydrogens (tertiary/aromatic N) is 1. The highest BCUT2D eigenvalue weighted by molar-refractivity contribution is 5.16. The van der Waals surface area contributed by atoms with Crippen molar-refractivity contribution in [3.63, 3.8) is 0 Å². The molecule has 0 bridgehead atoms. The second-order valence-electron chi connectivity index (χ2n) is 3.29. The highest BCUT2D eigenvalue weighted by atomic mass is 16.5. The molecule has 0 radical (unpaired) electrons. The molecule has 0 amide bonds. The molecule has 0 saturated carbocycles. The number of methoxy groups -OCH3 is 1. The molecule has 0 fully saturated rings. The van der Waals surface area contributed by atoms with Crippen molar-refractivity contribution in [2.75, 3.05) is 13.7 Å². The standard InChI is InChI=1S/C9H16N2O2/c1-6-8(13-7(2)11-6)9(3,5-10)12-4/h5,10H2,1-4H3. The Balaban J connectivity index is 3.11. The molecule has 1 unspecified atom stereocenters. The topological polar surface area (TPSA) is 61.3 Å². The lowest BCUT2D eigenvalue weighted by atomic mass is 10.0. The number of aryl methyl sites for hydroxylation is 2. The van der Waals surface area contributed by atoms with Gasteiger partial charge in [0.2, 0.25) is 0 Å². The maximum absolute atomic E-state index is 5.61. The number of nitrogens with two attached hydrogens (primary N) is 1. The van der Waals surface area contributed by atoms with Crippen molar-refractivity contribution in [1.82, 2.24) is 4.98 Å². The highest BCUT2D eigenvalue weighted by Gasteiger charge is 2.31. The third kappa shape index (κ3) is 1.73. The monoisotopic (exact) mass is 184 g/mol. The summed E-state index contributed by atoms with van der Waals surface area (Å²) < 4.78 is 10.8. The number of ether oxygens (including phenoxy) is 1. The molecular formula is C9H16N2O2. The quantitative estimate of drug-likeness (QED) is 0.764. The zero-order valence-corrected chi connectivity index (χ0v) is 8.55. The summed E-state index contributed by atoms with van der Waals surface area (Å²) in [6.07, 6.45) is 0. The Bertz CT molecular complexity index is 290. The van der Waals surface area contributed by atoms with Gasteiger partial charge < -0.3 is 14.9 Å². The number of aromatic nitrogens is 1. The van der Waals surface area contributed by atoms with E-state index in [4.69, 9.17) is 14.9 Å². The molecule has 2 N–H and O–H groups in total. The summed E-state index contributed by atoms with van der Waals surface area (Å²) in [5.41, 5.74) is 5.89. The second kappa shape index (κ2) is 3.47. The molecule has 1 aromatic rings. The van der Waals surface area contributed by atoms with E-state index in [1.165, 1.54) is 0 Å².